The Morgan fingerprint density at radius 3 is 2.79 bits per heavy atom. The van der Waals surface area contributed by atoms with E-state index in [2.05, 4.69) is 5.32 Å². The molecule has 6 heteroatoms. The van der Waals surface area contributed by atoms with Crippen molar-refractivity contribution >= 4 is 22.8 Å². The van der Waals surface area contributed by atoms with Gasteiger partial charge in [0.05, 0.1) is 11.9 Å². The highest BCUT2D eigenvalue weighted by molar-refractivity contribution is 5.96. The highest BCUT2D eigenvalue weighted by Gasteiger charge is 2.08. The lowest BCUT2D eigenvalue weighted by Crippen LogP contribution is -2.24. The number of nitrogens with one attached hydrogen (secondary N) is 1. The normalized spacial score (nSPS) is 10.6. The minimum absolute atomic E-state index is 0.119. The molecule has 0 unspecified atom stereocenters. The van der Waals surface area contributed by atoms with Gasteiger partial charge in [-0.2, -0.15) is 0 Å². The minimum atomic E-state index is -0.423. The number of fused-ring (bicyclic) bond motifs is 1. The molecular formula is C13H14N2O4. The van der Waals surface area contributed by atoms with Crippen molar-refractivity contribution in [3.8, 4) is 0 Å². The number of aryl methyl sites for hydroxylation is 1. The first-order valence-corrected chi connectivity index (χ1v) is 5.82. The van der Waals surface area contributed by atoms with Crippen LogP contribution in [0.5, 0.6) is 0 Å². The van der Waals surface area contributed by atoms with Crippen LogP contribution in [-0.2, 0) is 23.2 Å². The largest absolute Gasteiger partial charge is 0.419 e. The second kappa shape index (κ2) is 5.09. The van der Waals surface area contributed by atoms with Crippen molar-refractivity contribution in [1.29, 1.82) is 0 Å². The zero-order valence-electron chi connectivity index (χ0n) is 10.7. The van der Waals surface area contributed by atoms with Crippen molar-refractivity contribution in [3.05, 3.63) is 34.3 Å². The van der Waals surface area contributed by atoms with Gasteiger partial charge in [-0.3, -0.25) is 14.2 Å². The summed E-state index contributed by atoms with van der Waals surface area (Å²) in [5.41, 5.74) is 2.01. The maximum Gasteiger partial charge on any atom is 0.419 e. The third kappa shape index (κ3) is 2.90. The highest BCUT2D eigenvalue weighted by atomic mass is 16.4. The molecule has 0 aliphatic carbocycles. The van der Waals surface area contributed by atoms with Gasteiger partial charge in [-0.05, 0) is 24.6 Å². The van der Waals surface area contributed by atoms with Gasteiger partial charge in [0.2, 0.25) is 5.91 Å². The van der Waals surface area contributed by atoms with E-state index in [0.717, 1.165) is 5.56 Å². The number of benzene rings is 1. The summed E-state index contributed by atoms with van der Waals surface area (Å²) in [7, 11) is 1.62. The number of nitrogens with zero attached hydrogens (tertiary/aromatic N) is 1. The van der Waals surface area contributed by atoms with Crippen LogP contribution in [0, 0.1) is 0 Å². The Labute approximate surface area is 109 Å². The molecular weight excluding hydrogens is 248 g/mol. The number of Topliss-reactive ketones (excluding diaryl/α,β-unsaturated/α-hetero) is 1. The first-order chi connectivity index (χ1) is 8.97. The molecule has 1 N–H and O–H groups in total. The van der Waals surface area contributed by atoms with Gasteiger partial charge in [0.1, 0.15) is 5.78 Å². The molecule has 0 saturated carbocycles. The van der Waals surface area contributed by atoms with Gasteiger partial charge in [-0.15, -0.1) is 0 Å². The zero-order chi connectivity index (χ0) is 14.0. The van der Waals surface area contributed by atoms with Crippen LogP contribution in [0.4, 0.5) is 0 Å². The molecule has 1 heterocycles. The van der Waals surface area contributed by atoms with Crippen molar-refractivity contribution < 1.29 is 14.0 Å². The summed E-state index contributed by atoms with van der Waals surface area (Å²) < 4.78 is 6.41. The molecule has 100 valence electrons. The minimum Gasteiger partial charge on any atom is -0.408 e. The fourth-order valence-electron chi connectivity index (χ4n) is 1.77. The van der Waals surface area contributed by atoms with E-state index in [0.29, 0.717) is 17.6 Å². The van der Waals surface area contributed by atoms with E-state index < -0.39 is 5.76 Å². The van der Waals surface area contributed by atoms with Crippen molar-refractivity contribution in [3.63, 3.8) is 0 Å². The first-order valence-electron chi connectivity index (χ1n) is 5.82. The number of carbonyl (C=O) groups is 2. The van der Waals surface area contributed by atoms with Crippen molar-refractivity contribution in [1.82, 2.24) is 9.88 Å². The fraction of sp³-hybridized carbons (Fsp3) is 0.308. The highest BCUT2D eigenvalue weighted by Crippen LogP contribution is 2.14. The molecule has 1 amide bonds. The average Bonchev–Trinajstić information content (AvgIpc) is 2.62. The lowest BCUT2D eigenvalue weighted by atomic mass is 10.2. The number of aromatic nitrogens is 1. The second-order valence-corrected chi connectivity index (χ2v) is 4.38. The number of amides is 1. The maximum absolute atomic E-state index is 11.4. The Morgan fingerprint density at radius 1 is 1.37 bits per heavy atom. The summed E-state index contributed by atoms with van der Waals surface area (Å²) in [6.45, 7) is 1.67. The summed E-state index contributed by atoms with van der Waals surface area (Å²) >= 11 is 0. The second-order valence-electron chi connectivity index (χ2n) is 4.38. The Balaban J connectivity index is 2.13. The summed E-state index contributed by atoms with van der Waals surface area (Å²) in [5.74, 6) is -0.911. The zero-order valence-corrected chi connectivity index (χ0v) is 10.7. The predicted octanol–water partition coefficient (Wildman–Crippen LogP) is 0.727. The third-order valence-electron chi connectivity index (χ3n) is 2.76. The van der Waals surface area contributed by atoms with E-state index in [-0.39, 0.29) is 18.1 Å². The SMILES string of the molecule is CC(=O)CC(=O)NCc1ccc2oc(=O)n(C)c2c1. The van der Waals surface area contributed by atoms with Crippen LogP contribution in [0.2, 0.25) is 0 Å². The molecule has 2 aromatic rings. The maximum atomic E-state index is 11.4. The van der Waals surface area contributed by atoms with E-state index in [1.165, 1.54) is 11.5 Å². The Bertz CT molecular complexity index is 696. The van der Waals surface area contributed by atoms with Crippen molar-refractivity contribution in [2.45, 2.75) is 19.9 Å². The lowest BCUT2D eigenvalue weighted by molar-refractivity contribution is -0.127. The van der Waals surface area contributed by atoms with Gasteiger partial charge >= 0.3 is 5.76 Å². The number of hydrogen-bond donors (Lipinski definition) is 1. The molecule has 0 saturated heterocycles. The Morgan fingerprint density at radius 2 is 2.11 bits per heavy atom. The van der Waals surface area contributed by atoms with Crippen LogP contribution in [0.3, 0.4) is 0 Å². The smallest absolute Gasteiger partial charge is 0.408 e. The predicted molar refractivity (Wildman–Crippen MR) is 68.6 cm³/mol. The van der Waals surface area contributed by atoms with Crippen LogP contribution in [0.25, 0.3) is 11.1 Å². The van der Waals surface area contributed by atoms with Crippen LogP contribution in [0.1, 0.15) is 18.9 Å². The standard InChI is InChI=1S/C13H14N2O4/c1-8(16)5-12(17)14-7-9-3-4-11-10(6-9)15(2)13(18)19-11/h3-4,6H,5,7H2,1-2H3,(H,14,17). The summed E-state index contributed by atoms with van der Waals surface area (Å²) in [6.07, 6.45) is -0.119. The van der Waals surface area contributed by atoms with Gasteiger partial charge in [-0.25, -0.2) is 4.79 Å². The van der Waals surface area contributed by atoms with Crippen LogP contribution in [0.15, 0.2) is 27.4 Å². The molecule has 0 spiro atoms. The average molecular weight is 262 g/mol. The Kier molecular flexibility index (Phi) is 3.50. The first kappa shape index (κ1) is 13.1. The molecule has 1 aromatic heterocycles. The van der Waals surface area contributed by atoms with E-state index in [1.807, 2.05) is 0 Å². The van der Waals surface area contributed by atoms with Crippen LogP contribution >= 0.6 is 0 Å². The number of ketones is 1. The number of hydrogen-bond acceptors (Lipinski definition) is 4. The van der Waals surface area contributed by atoms with E-state index in [1.54, 1.807) is 25.2 Å². The van der Waals surface area contributed by atoms with E-state index in [4.69, 9.17) is 4.42 Å². The van der Waals surface area contributed by atoms with Crippen molar-refractivity contribution in [2.24, 2.45) is 7.05 Å². The monoisotopic (exact) mass is 262 g/mol. The summed E-state index contributed by atoms with van der Waals surface area (Å²) in [6, 6.07) is 5.22. The molecule has 6 nitrogen and oxygen atoms in total. The lowest BCUT2D eigenvalue weighted by Gasteiger charge is -2.04. The van der Waals surface area contributed by atoms with Gasteiger partial charge in [0.25, 0.3) is 0 Å². The summed E-state index contributed by atoms with van der Waals surface area (Å²) in [4.78, 5) is 33.5. The van der Waals surface area contributed by atoms with Crippen LogP contribution < -0.4 is 11.1 Å². The van der Waals surface area contributed by atoms with E-state index in [9.17, 15) is 14.4 Å². The molecule has 0 atom stereocenters. The van der Waals surface area contributed by atoms with Gasteiger partial charge in [-0.1, -0.05) is 6.07 Å². The number of carbonyl (C=O) groups excluding carboxylic acids is 2. The van der Waals surface area contributed by atoms with Gasteiger partial charge in [0, 0.05) is 13.6 Å². The molecule has 1 aromatic carbocycles. The van der Waals surface area contributed by atoms with E-state index >= 15 is 0 Å². The van der Waals surface area contributed by atoms with Gasteiger partial charge in [0.15, 0.2) is 5.58 Å². The quantitative estimate of drug-likeness (QED) is 0.823. The molecule has 0 aliphatic rings. The Hall–Kier alpha value is -2.37. The molecule has 0 radical (unpaired) electrons. The molecule has 0 aliphatic heterocycles. The topological polar surface area (TPSA) is 81.3 Å². The summed E-state index contributed by atoms with van der Waals surface area (Å²) in [5, 5.41) is 2.64. The molecule has 0 bridgehead atoms. The molecule has 2 rings (SSSR count). The number of rotatable bonds is 4. The van der Waals surface area contributed by atoms with Crippen LogP contribution in [-0.4, -0.2) is 16.3 Å². The van der Waals surface area contributed by atoms with Crippen molar-refractivity contribution in [2.75, 3.05) is 0 Å². The fourth-order valence-corrected chi connectivity index (χ4v) is 1.77. The molecule has 19 heavy (non-hydrogen) atoms. The third-order valence-corrected chi connectivity index (χ3v) is 2.76. The van der Waals surface area contributed by atoms with Gasteiger partial charge < -0.3 is 9.73 Å². The molecule has 0 fully saturated rings. The number of oxazole rings is 1.